The van der Waals surface area contributed by atoms with Gasteiger partial charge in [0.1, 0.15) is 5.82 Å². The molecule has 2 heteroatoms. The minimum Gasteiger partial charge on any atom is -0.377 e. The van der Waals surface area contributed by atoms with Crippen molar-refractivity contribution < 1.29 is 4.39 Å². The third-order valence-electron chi connectivity index (χ3n) is 3.87. The maximum atomic E-state index is 13.7. The standard InChI is InChI=1S/C13H18FN/c1-8-9(2)13(3,4)15-12-10(8)6-5-7-11(12)14/h5-9,15H,1-4H3. The van der Waals surface area contributed by atoms with E-state index in [0.717, 1.165) is 5.56 Å². The van der Waals surface area contributed by atoms with E-state index in [0.29, 0.717) is 17.5 Å². The largest absolute Gasteiger partial charge is 0.377 e. The Balaban J connectivity index is 2.55. The third kappa shape index (κ3) is 1.52. The summed E-state index contributed by atoms with van der Waals surface area (Å²) in [6.45, 7) is 8.64. The van der Waals surface area contributed by atoms with Crippen molar-refractivity contribution >= 4 is 5.69 Å². The van der Waals surface area contributed by atoms with Crippen molar-refractivity contribution in [2.45, 2.75) is 39.2 Å². The number of anilines is 1. The van der Waals surface area contributed by atoms with E-state index in [-0.39, 0.29) is 11.4 Å². The van der Waals surface area contributed by atoms with Gasteiger partial charge in [-0.15, -0.1) is 0 Å². The Kier molecular flexibility index (Phi) is 2.25. The summed E-state index contributed by atoms with van der Waals surface area (Å²) in [5.41, 5.74) is 1.74. The van der Waals surface area contributed by atoms with E-state index in [4.69, 9.17) is 0 Å². The molecule has 2 atom stereocenters. The van der Waals surface area contributed by atoms with Crippen LogP contribution in [0.3, 0.4) is 0 Å². The molecule has 0 spiro atoms. The second-order valence-corrected chi connectivity index (χ2v) is 5.13. The van der Waals surface area contributed by atoms with E-state index in [9.17, 15) is 4.39 Å². The van der Waals surface area contributed by atoms with Crippen LogP contribution < -0.4 is 5.32 Å². The Morgan fingerprint density at radius 1 is 1.27 bits per heavy atom. The fourth-order valence-corrected chi connectivity index (χ4v) is 2.38. The Morgan fingerprint density at radius 3 is 2.60 bits per heavy atom. The number of benzene rings is 1. The van der Waals surface area contributed by atoms with Gasteiger partial charge >= 0.3 is 0 Å². The summed E-state index contributed by atoms with van der Waals surface area (Å²) in [4.78, 5) is 0. The van der Waals surface area contributed by atoms with Gasteiger partial charge in [0.15, 0.2) is 0 Å². The quantitative estimate of drug-likeness (QED) is 0.683. The second kappa shape index (κ2) is 3.22. The van der Waals surface area contributed by atoms with Crippen molar-refractivity contribution in [3.05, 3.63) is 29.6 Å². The summed E-state index contributed by atoms with van der Waals surface area (Å²) in [7, 11) is 0. The molecule has 1 nitrogen and oxygen atoms in total. The van der Waals surface area contributed by atoms with Crippen LogP contribution in [0.1, 0.15) is 39.2 Å². The first-order chi connectivity index (χ1) is 6.93. The molecule has 2 unspecified atom stereocenters. The summed E-state index contributed by atoms with van der Waals surface area (Å²) < 4.78 is 13.7. The third-order valence-corrected chi connectivity index (χ3v) is 3.87. The average Bonchev–Trinajstić information content (AvgIpc) is 2.17. The molecule has 0 aliphatic carbocycles. The van der Waals surface area contributed by atoms with Crippen molar-refractivity contribution in [3.8, 4) is 0 Å². The lowest BCUT2D eigenvalue weighted by molar-refractivity contribution is 0.313. The van der Waals surface area contributed by atoms with Crippen molar-refractivity contribution in [2.75, 3.05) is 5.32 Å². The number of rotatable bonds is 0. The van der Waals surface area contributed by atoms with Crippen LogP contribution in [-0.4, -0.2) is 5.54 Å². The zero-order valence-corrected chi connectivity index (χ0v) is 9.76. The number of hydrogen-bond donors (Lipinski definition) is 1. The first kappa shape index (κ1) is 10.5. The molecule has 0 radical (unpaired) electrons. The first-order valence-electron chi connectivity index (χ1n) is 5.50. The Bertz CT molecular complexity index is 384. The maximum absolute atomic E-state index is 13.7. The van der Waals surface area contributed by atoms with Gasteiger partial charge in [0.2, 0.25) is 0 Å². The fourth-order valence-electron chi connectivity index (χ4n) is 2.38. The zero-order valence-electron chi connectivity index (χ0n) is 9.76. The molecule has 0 bridgehead atoms. The van der Waals surface area contributed by atoms with Crippen LogP contribution in [0.5, 0.6) is 0 Å². The number of para-hydroxylation sites is 1. The molecule has 2 rings (SSSR count). The lowest BCUT2D eigenvalue weighted by Crippen LogP contribution is -2.44. The summed E-state index contributed by atoms with van der Waals surface area (Å²) >= 11 is 0. The Hall–Kier alpha value is -1.05. The number of nitrogens with one attached hydrogen (secondary N) is 1. The van der Waals surface area contributed by atoms with Gasteiger partial charge in [-0.05, 0) is 37.3 Å². The van der Waals surface area contributed by atoms with Gasteiger partial charge < -0.3 is 5.32 Å². The van der Waals surface area contributed by atoms with Crippen LogP contribution >= 0.6 is 0 Å². The Morgan fingerprint density at radius 2 is 1.93 bits per heavy atom. The van der Waals surface area contributed by atoms with E-state index >= 15 is 0 Å². The first-order valence-corrected chi connectivity index (χ1v) is 5.50. The number of halogens is 1. The molecule has 0 aromatic heterocycles. The highest BCUT2D eigenvalue weighted by Crippen LogP contribution is 2.43. The van der Waals surface area contributed by atoms with Crippen LogP contribution in [0.25, 0.3) is 0 Å². The highest BCUT2D eigenvalue weighted by Gasteiger charge is 2.37. The van der Waals surface area contributed by atoms with Crippen LogP contribution in [0.2, 0.25) is 0 Å². The van der Waals surface area contributed by atoms with E-state index in [1.807, 2.05) is 6.07 Å². The molecule has 1 aromatic carbocycles. The smallest absolute Gasteiger partial charge is 0.146 e. The molecular formula is C13H18FN. The van der Waals surface area contributed by atoms with Gasteiger partial charge in [-0.1, -0.05) is 26.0 Å². The van der Waals surface area contributed by atoms with Gasteiger partial charge in [0, 0.05) is 5.54 Å². The minimum atomic E-state index is -0.140. The second-order valence-electron chi connectivity index (χ2n) is 5.13. The van der Waals surface area contributed by atoms with Crippen LogP contribution in [0.4, 0.5) is 10.1 Å². The SMILES string of the molecule is CC1c2cccc(F)c2NC(C)(C)C1C. The normalized spacial score (nSPS) is 28.1. The van der Waals surface area contributed by atoms with Crippen LogP contribution in [0.15, 0.2) is 18.2 Å². The molecule has 82 valence electrons. The van der Waals surface area contributed by atoms with Crippen LogP contribution in [0, 0.1) is 11.7 Å². The highest BCUT2D eigenvalue weighted by atomic mass is 19.1. The van der Waals surface area contributed by atoms with E-state index in [1.165, 1.54) is 6.07 Å². The van der Waals surface area contributed by atoms with Crippen LogP contribution in [-0.2, 0) is 0 Å². The van der Waals surface area contributed by atoms with Crippen molar-refractivity contribution in [1.29, 1.82) is 0 Å². The lowest BCUT2D eigenvalue weighted by atomic mass is 9.73. The average molecular weight is 207 g/mol. The molecule has 1 aliphatic rings. The van der Waals surface area contributed by atoms with E-state index in [2.05, 4.69) is 33.0 Å². The lowest BCUT2D eigenvalue weighted by Gasteiger charge is -2.43. The molecule has 1 aliphatic heterocycles. The Labute approximate surface area is 90.7 Å². The van der Waals surface area contributed by atoms with Crippen molar-refractivity contribution in [2.24, 2.45) is 5.92 Å². The summed E-state index contributed by atoms with van der Waals surface area (Å²) in [6, 6.07) is 5.32. The van der Waals surface area contributed by atoms with Gasteiger partial charge in [-0.25, -0.2) is 4.39 Å². The summed E-state index contributed by atoms with van der Waals surface area (Å²) in [5.74, 6) is 0.748. The summed E-state index contributed by atoms with van der Waals surface area (Å²) in [5, 5.41) is 3.31. The van der Waals surface area contributed by atoms with E-state index in [1.54, 1.807) is 6.07 Å². The molecule has 0 saturated carbocycles. The van der Waals surface area contributed by atoms with E-state index < -0.39 is 0 Å². The molecular weight excluding hydrogens is 189 g/mol. The summed E-state index contributed by atoms with van der Waals surface area (Å²) in [6.07, 6.45) is 0. The highest BCUT2D eigenvalue weighted by molar-refractivity contribution is 5.58. The molecule has 0 amide bonds. The number of hydrogen-bond acceptors (Lipinski definition) is 1. The predicted molar refractivity (Wildman–Crippen MR) is 61.7 cm³/mol. The monoisotopic (exact) mass is 207 g/mol. The molecule has 0 saturated heterocycles. The molecule has 1 heterocycles. The topological polar surface area (TPSA) is 12.0 Å². The van der Waals surface area contributed by atoms with Gasteiger partial charge in [0.05, 0.1) is 5.69 Å². The van der Waals surface area contributed by atoms with Gasteiger partial charge in [-0.2, -0.15) is 0 Å². The van der Waals surface area contributed by atoms with Gasteiger partial charge in [0.25, 0.3) is 0 Å². The molecule has 0 fully saturated rings. The molecule has 1 N–H and O–H groups in total. The predicted octanol–water partition coefficient (Wildman–Crippen LogP) is 3.77. The van der Waals surface area contributed by atoms with Crippen molar-refractivity contribution in [3.63, 3.8) is 0 Å². The van der Waals surface area contributed by atoms with Crippen molar-refractivity contribution in [1.82, 2.24) is 0 Å². The zero-order chi connectivity index (χ0) is 11.2. The molecule has 15 heavy (non-hydrogen) atoms. The number of fused-ring (bicyclic) bond motifs is 1. The fraction of sp³-hybridized carbons (Fsp3) is 0.538. The minimum absolute atomic E-state index is 0.0470. The van der Waals surface area contributed by atoms with Gasteiger partial charge in [-0.3, -0.25) is 0 Å². The molecule has 1 aromatic rings. The maximum Gasteiger partial charge on any atom is 0.146 e.